The Labute approximate surface area is 161 Å². The lowest BCUT2D eigenvalue weighted by Crippen LogP contribution is -2.37. The minimum atomic E-state index is -0.418. The molecule has 1 aromatic heterocycles. The zero-order valence-electron chi connectivity index (χ0n) is 16.7. The van der Waals surface area contributed by atoms with Gasteiger partial charge in [0.05, 0.1) is 17.1 Å². The molecule has 2 aromatic carbocycles. The Morgan fingerprint density at radius 3 is 2.44 bits per heavy atom. The molecule has 1 unspecified atom stereocenters. The summed E-state index contributed by atoms with van der Waals surface area (Å²) in [6.07, 6.45) is 2.05. The molecule has 0 aliphatic heterocycles. The van der Waals surface area contributed by atoms with Crippen molar-refractivity contribution in [1.82, 2.24) is 14.9 Å². The molecule has 0 aliphatic rings. The Bertz CT molecular complexity index is 906. The number of aromatic nitrogens is 2. The van der Waals surface area contributed by atoms with Gasteiger partial charge in [-0.2, -0.15) is 0 Å². The minimum absolute atomic E-state index is 0.0397. The molecule has 0 saturated carbocycles. The van der Waals surface area contributed by atoms with Gasteiger partial charge in [0.1, 0.15) is 5.82 Å². The second kappa shape index (κ2) is 7.95. The minimum Gasteiger partial charge on any atom is -0.346 e. The average molecular weight is 364 g/mol. The van der Waals surface area contributed by atoms with Crippen LogP contribution in [0, 0.1) is 5.41 Å². The van der Waals surface area contributed by atoms with Crippen LogP contribution in [-0.2, 0) is 17.8 Å². The zero-order valence-corrected chi connectivity index (χ0v) is 16.7. The maximum absolute atomic E-state index is 12.4. The molecule has 1 atom stereocenters. The number of rotatable bonds is 6. The maximum atomic E-state index is 12.4. The number of imidazole rings is 1. The molecule has 27 heavy (non-hydrogen) atoms. The van der Waals surface area contributed by atoms with Crippen molar-refractivity contribution < 1.29 is 4.79 Å². The van der Waals surface area contributed by atoms with Crippen molar-refractivity contribution in [3.05, 3.63) is 66.0 Å². The highest BCUT2D eigenvalue weighted by molar-refractivity contribution is 5.82. The van der Waals surface area contributed by atoms with Crippen molar-refractivity contribution in [3.63, 3.8) is 0 Å². The first-order valence-electron chi connectivity index (χ1n) is 9.66. The first-order valence-corrected chi connectivity index (χ1v) is 9.66. The van der Waals surface area contributed by atoms with Crippen molar-refractivity contribution in [2.75, 3.05) is 0 Å². The highest BCUT2D eigenvalue weighted by atomic mass is 16.2. The molecule has 1 heterocycles. The predicted octanol–water partition coefficient (Wildman–Crippen LogP) is 4.89. The lowest BCUT2D eigenvalue weighted by atomic mass is 9.95. The molecule has 0 radical (unpaired) electrons. The van der Waals surface area contributed by atoms with E-state index < -0.39 is 5.41 Å². The van der Waals surface area contributed by atoms with Gasteiger partial charge in [-0.1, -0.05) is 63.2 Å². The number of para-hydroxylation sites is 2. The smallest absolute Gasteiger partial charge is 0.225 e. The number of benzene rings is 2. The quantitative estimate of drug-likeness (QED) is 0.677. The Morgan fingerprint density at radius 1 is 1.07 bits per heavy atom. The van der Waals surface area contributed by atoms with E-state index in [-0.39, 0.29) is 11.9 Å². The van der Waals surface area contributed by atoms with Gasteiger partial charge in [0.15, 0.2) is 0 Å². The van der Waals surface area contributed by atoms with E-state index in [2.05, 4.69) is 40.2 Å². The number of hydrogen-bond donors (Lipinski definition) is 1. The highest BCUT2D eigenvalue weighted by Crippen LogP contribution is 2.23. The van der Waals surface area contributed by atoms with Gasteiger partial charge >= 0.3 is 0 Å². The van der Waals surface area contributed by atoms with Crippen LogP contribution < -0.4 is 5.32 Å². The summed E-state index contributed by atoms with van der Waals surface area (Å²) in [5.41, 5.74) is 3.03. The van der Waals surface area contributed by atoms with Crippen LogP contribution in [0.4, 0.5) is 0 Å². The molecule has 0 bridgehead atoms. The number of nitrogens with one attached hydrogen (secondary N) is 1. The SMILES string of the molecule is CC(NC(=O)C(C)(C)C)c1nc2ccccc2n1CCCc1ccccc1. The number of hydrogen-bond acceptors (Lipinski definition) is 2. The molecule has 0 saturated heterocycles. The van der Waals surface area contributed by atoms with Crippen LogP contribution in [0.3, 0.4) is 0 Å². The van der Waals surface area contributed by atoms with Crippen molar-refractivity contribution >= 4 is 16.9 Å². The second-order valence-electron chi connectivity index (χ2n) is 8.14. The molecule has 0 aliphatic carbocycles. The Balaban J connectivity index is 1.82. The molecule has 1 amide bonds. The summed E-state index contributed by atoms with van der Waals surface area (Å²) in [7, 11) is 0. The van der Waals surface area contributed by atoms with Crippen LogP contribution in [0.2, 0.25) is 0 Å². The molecule has 0 fully saturated rings. The van der Waals surface area contributed by atoms with Gasteiger partial charge in [-0.05, 0) is 37.5 Å². The standard InChI is InChI=1S/C23H29N3O/c1-17(24-22(27)23(2,3)4)21-25-19-14-8-9-15-20(19)26(21)16-10-13-18-11-6-5-7-12-18/h5-9,11-12,14-15,17H,10,13,16H2,1-4H3,(H,24,27). The molecule has 4 nitrogen and oxygen atoms in total. The number of fused-ring (bicyclic) bond motifs is 1. The van der Waals surface area contributed by atoms with Crippen LogP contribution in [0.25, 0.3) is 11.0 Å². The van der Waals surface area contributed by atoms with E-state index in [0.717, 1.165) is 36.2 Å². The monoisotopic (exact) mass is 363 g/mol. The van der Waals surface area contributed by atoms with Gasteiger partial charge in [-0.25, -0.2) is 4.98 Å². The normalized spacial score (nSPS) is 12.9. The van der Waals surface area contributed by atoms with Crippen LogP contribution in [-0.4, -0.2) is 15.5 Å². The lowest BCUT2D eigenvalue weighted by Gasteiger charge is -2.22. The fourth-order valence-corrected chi connectivity index (χ4v) is 3.22. The van der Waals surface area contributed by atoms with Gasteiger partial charge in [0.2, 0.25) is 5.91 Å². The molecule has 0 spiro atoms. The fraction of sp³-hybridized carbons (Fsp3) is 0.391. The lowest BCUT2D eigenvalue weighted by molar-refractivity contribution is -0.129. The summed E-state index contributed by atoms with van der Waals surface area (Å²) < 4.78 is 2.26. The van der Waals surface area contributed by atoms with E-state index in [1.165, 1.54) is 5.56 Å². The molecule has 4 heteroatoms. The molecule has 3 rings (SSSR count). The van der Waals surface area contributed by atoms with Crippen molar-refractivity contribution in [2.24, 2.45) is 5.41 Å². The number of nitrogens with zero attached hydrogens (tertiary/aromatic N) is 2. The van der Waals surface area contributed by atoms with E-state index in [0.29, 0.717) is 0 Å². The Morgan fingerprint density at radius 2 is 1.74 bits per heavy atom. The Hall–Kier alpha value is -2.62. The fourth-order valence-electron chi connectivity index (χ4n) is 3.22. The molecular weight excluding hydrogens is 334 g/mol. The first kappa shape index (κ1) is 19.2. The van der Waals surface area contributed by atoms with Crippen LogP contribution in [0.15, 0.2) is 54.6 Å². The van der Waals surface area contributed by atoms with E-state index in [1.54, 1.807) is 0 Å². The number of aryl methyl sites for hydroxylation is 2. The van der Waals surface area contributed by atoms with E-state index in [1.807, 2.05) is 52.0 Å². The summed E-state index contributed by atoms with van der Waals surface area (Å²) in [6, 6.07) is 18.6. The largest absolute Gasteiger partial charge is 0.346 e. The first-order chi connectivity index (χ1) is 12.9. The van der Waals surface area contributed by atoms with Gasteiger partial charge in [-0.3, -0.25) is 4.79 Å². The third-order valence-corrected chi connectivity index (χ3v) is 4.79. The summed E-state index contributed by atoms with van der Waals surface area (Å²) >= 11 is 0. The third kappa shape index (κ3) is 4.57. The summed E-state index contributed by atoms with van der Waals surface area (Å²) in [5, 5.41) is 3.12. The molecule has 142 valence electrons. The van der Waals surface area contributed by atoms with Crippen LogP contribution in [0.5, 0.6) is 0 Å². The van der Waals surface area contributed by atoms with Gasteiger partial charge in [0, 0.05) is 12.0 Å². The second-order valence-corrected chi connectivity index (χ2v) is 8.14. The summed E-state index contributed by atoms with van der Waals surface area (Å²) in [5.74, 6) is 0.958. The maximum Gasteiger partial charge on any atom is 0.225 e. The van der Waals surface area contributed by atoms with E-state index in [4.69, 9.17) is 4.98 Å². The zero-order chi connectivity index (χ0) is 19.4. The average Bonchev–Trinajstić information content (AvgIpc) is 3.01. The topological polar surface area (TPSA) is 46.9 Å². The van der Waals surface area contributed by atoms with Crippen LogP contribution in [0.1, 0.15) is 51.5 Å². The van der Waals surface area contributed by atoms with Gasteiger partial charge in [0.25, 0.3) is 0 Å². The number of carbonyl (C=O) groups excluding carboxylic acids is 1. The number of amides is 1. The van der Waals surface area contributed by atoms with Crippen molar-refractivity contribution in [1.29, 1.82) is 0 Å². The van der Waals surface area contributed by atoms with Crippen molar-refractivity contribution in [3.8, 4) is 0 Å². The van der Waals surface area contributed by atoms with Crippen LogP contribution >= 0.6 is 0 Å². The highest BCUT2D eigenvalue weighted by Gasteiger charge is 2.25. The number of carbonyl (C=O) groups is 1. The van der Waals surface area contributed by atoms with E-state index in [9.17, 15) is 4.79 Å². The predicted molar refractivity (Wildman–Crippen MR) is 111 cm³/mol. The molecular formula is C23H29N3O. The van der Waals surface area contributed by atoms with Gasteiger partial charge in [-0.15, -0.1) is 0 Å². The van der Waals surface area contributed by atoms with E-state index >= 15 is 0 Å². The summed E-state index contributed by atoms with van der Waals surface area (Å²) in [4.78, 5) is 17.2. The van der Waals surface area contributed by atoms with Crippen molar-refractivity contribution in [2.45, 2.75) is 53.1 Å². The molecule has 3 aromatic rings. The van der Waals surface area contributed by atoms with Gasteiger partial charge < -0.3 is 9.88 Å². The summed E-state index contributed by atoms with van der Waals surface area (Å²) in [6.45, 7) is 8.67. The Kier molecular flexibility index (Phi) is 5.64. The molecule has 1 N–H and O–H groups in total. The third-order valence-electron chi connectivity index (χ3n) is 4.79.